The van der Waals surface area contributed by atoms with E-state index in [4.69, 9.17) is 0 Å². The maximum atomic E-state index is 12.9. The van der Waals surface area contributed by atoms with Crippen LogP contribution in [0.2, 0.25) is 0 Å². The van der Waals surface area contributed by atoms with Gasteiger partial charge in [-0.2, -0.15) is 0 Å². The lowest BCUT2D eigenvalue weighted by Gasteiger charge is -2.38. The second-order valence-corrected chi connectivity index (χ2v) is 8.71. The molecule has 2 aliphatic heterocycles. The van der Waals surface area contributed by atoms with Gasteiger partial charge in [0.2, 0.25) is 15.9 Å². The van der Waals surface area contributed by atoms with Crippen LogP contribution in [0.3, 0.4) is 0 Å². The molecule has 1 aromatic carbocycles. The summed E-state index contributed by atoms with van der Waals surface area (Å²) in [7, 11) is -3.25. The summed E-state index contributed by atoms with van der Waals surface area (Å²) in [5.74, 6) is -1.52. The van der Waals surface area contributed by atoms with Crippen molar-refractivity contribution in [3.8, 4) is 0 Å². The van der Waals surface area contributed by atoms with Crippen molar-refractivity contribution < 1.29 is 23.1 Å². The van der Waals surface area contributed by atoms with Gasteiger partial charge in [-0.05, 0) is 24.0 Å². The predicted octanol–water partition coefficient (Wildman–Crippen LogP) is 0.696. The van der Waals surface area contributed by atoms with Gasteiger partial charge in [-0.25, -0.2) is 17.5 Å². The number of amides is 1. The number of sulfonamides is 1. The predicted molar refractivity (Wildman–Crippen MR) is 91.3 cm³/mol. The largest absolute Gasteiger partial charge is 0.480 e. The topological polar surface area (TPSA) is 95.0 Å². The van der Waals surface area contributed by atoms with Crippen molar-refractivity contribution in [1.82, 2.24) is 9.21 Å². The van der Waals surface area contributed by atoms with Gasteiger partial charge in [-0.1, -0.05) is 24.3 Å². The van der Waals surface area contributed by atoms with Crippen molar-refractivity contribution in [1.29, 1.82) is 0 Å². The molecule has 1 amide bonds. The number of hydrogen-bond donors (Lipinski definition) is 1. The Bertz CT molecular complexity index is 784. The van der Waals surface area contributed by atoms with Gasteiger partial charge in [0, 0.05) is 32.0 Å². The van der Waals surface area contributed by atoms with Crippen molar-refractivity contribution in [3.63, 3.8) is 0 Å². The van der Waals surface area contributed by atoms with E-state index in [1.54, 1.807) is 0 Å². The van der Waals surface area contributed by atoms with E-state index in [1.807, 2.05) is 24.3 Å². The van der Waals surface area contributed by atoms with Crippen LogP contribution in [-0.2, 0) is 32.6 Å². The Morgan fingerprint density at radius 3 is 2.28 bits per heavy atom. The molecule has 0 saturated carbocycles. The minimum absolute atomic E-state index is 0.185. The normalized spacial score (nSPS) is 22.4. The molecule has 0 spiro atoms. The molecular weight excluding hydrogens is 344 g/mol. The molecule has 7 nitrogen and oxygen atoms in total. The van der Waals surface area contributed by atoms with Crippen LogP contribution in [0, 0.1) is 5.92 Å². The number of benzene rings is 1. The van der Waals surface area contributed by atoms with Crippen LogP contribution in [0.1, 0.15) is 24.0 Å². The molecule has 136 valence electrons. The first kappa shape index (κ1) is 17.9. The van der Waals surface area contributed by atoms with Crippen molar-refractivity contribution in [3.05, 3.63) is 35.4 Å². The van der Waals surface area contributed by atoms with Gasteiger partial charge in [0.25, 0.3) is 0 Å². The van der Waals surface area contributed by atoms with E-state index < -0.39 is 22.0 Å². The summed E-state index contributed by atoms with van der Waals surface area (Å²) in [6, 6.07) is 6.70. The third-order valence-corrected chi connectivity index (χ3v) is 6.39. The first-order valence-corrected chi connectivity index (χ1v) is 10.2. The molecular formula is C17H22N2O5S. The summed E-state index contributed by atoms with van der Waals surface area (Å²) in [4.78, 5) is 26.0. The molecule has 2 aliphatic rings. The fourth-order valence-electron chi connectivity index (χ4n) is 3.64. The molecule has 1 atom stereocenters. The molecule has 8 heteroatoms. The van der Waals surface area contributed by atoms with Gasteiger partial charge in [0.05, 0.1) is 6.26 Å². The number of hydrogen-bond acceptors (Lipinski definition) is 4. The number of nitrogens with zero attached hydrogens (tertiary/aromatic N) is 2. The number of fused-ring (bicyclic) bond motifs is 1. The van der Waals surface area contributed by atoms with Crippen LogP contribution in [0.4, 0.5) is 0 Å². The van der Waals surface area contributed by atoms with Gasteiger partial charge in [-0.3, -0.25) is 4.79 Å². The Labute approximate surface area is 147 Å². The fraction of sp³-hybridized carbons (Fsp3) is 0.529. The quantitative estimate of drug-likeness (QED) is 0.849. The molecule has 0 bridgehead atoms. The molecule has 1 fully saturated rings. The lowest BCUT2D eigenvalue weighted by molar-refractivity contribution is -0.153. The SMILES string of the molecule is CS(=O)(=O)N1CCC(C(=O)N2Cc3ccccc3C[C@@H]2C(=O)O)CC1. The molecule has 2 heterocycles. The molecule has 1 aromatic rings. The average molecular weight is 366 g/mol. The Kier molecular flexibility index (Phi) is 4.83. The minimum atomic E-state index is -3.25. The Morgan fingerprint density at radius 1 is 1.12 bits per heavy atom. The maximum absolute atomic E-state index is 12.9. The van der Waals surface area contributed by atoms with E-state index in [0.717, 1.165) is 17.4 Å². The highest BCUT2D eigenvalue weighted by Gasteiger charge is 2.38. The van der Waals surface area contributed by atoms with Crippen LogP contribution in [0.15, 0.2) is 24.3 Å². The number of carbonyl (C=O) groups excluding carboxylic acids is 1. The van der Waals surface area contributed by atoms with E-state index in [9.17, 15) is 23.1 Å². The smallest absolute Gasteiger partial charge is 0.326 e. The van der Waals surface area contributed by atoms with Crippen LogP contribution in [-0.4, -0.2) is 60.0 Å². The Hall–Kier alpha value is -1.93. The van der Waals surface area contributed by atoms with Gasteiger partial charge < -0.3 is 10.0 Å². The molecule has 0 aromatic heterocycles. The zero-order valence-corrected chi connectivity index (χ0v) is 14.9. The fourth-order valence-corrected chi connectivity index (χ4v) is 4.52. The number of aliphatic carboxylic acids is 1. The van der Waals surface area contributed by atoms with Crippen molar-refractivity contribution >= 4 is 21.9 Å². The second-order valence-electron chi connectivity index (χ2n) is 6.73. The summed E-state index contributed by atoms with van der Waals surface area (Å²) in [6.45, 7) is 0.896. The zero-order valence-electron chi connectivity index (χ0n) is 14.1. The summed E-state index contributed by atoms with van der Waals surface area (Å²) in [6.07, 6.45) is 2.32. The first-order chi connectivity index (χ1) is 11.8. The number of carboxylic acids is 1. The highest BCUT2D eigenvalue weighted by molar-refractivity contribution is 7.88. The molecule has 0 unspecified atom stereocenters. The van der Waals surface area contributed by atoms with Gasteiger partial charge in [0.15, 0.2) is 0 Å². The summed E-state index contributed by atoms with van der Waals surface area (Å²) < 4.78 is 24.6. The lowest BCUT2D eigenvalue weighted by Crippen LogP contribution is -2.52. The molecule has 0 aliphatic carbocycles. The Balaban J connectivity index is 1.76. The zero-order chi connectivity index (χ0) is 18.2. The second kappa shape index (κ2) is 6.76. The summed E-state index contributed by atoms with van der Waals surface area (Å²) in [5, 5.41) is 9.55. The van der Waals surface area contributed by atoms with E-state index in [1.165, 1.54) is 9.21 Å². The summed E-state index contributed by atoms with van der Waals surface area (Å²) >= 11 is 0. The molecule has 25 heavy (non-hydrogen) atoms. The van der Waals surface area contributed by atoms with E-state index in [2.05, 4.69) is 0 Å². The third-order valence-electron chi connectivity index (χ3n) is 5.09. The van der Waals surface area contributed by atoms with Crippen molar-refractivity contribution in [2.24, 2.45) is 5.92 Å². The van der Waals surface area contributed by atoms with Crippen molar-refractivity contribution in [2.45, 2.75) is 31.8 Å². The average Bonchev–Trinajstić information content (AvgIpc) is 2.59. The van der Waals surface area contributed by atoms with Gasteiger partial charge >= 0.3 is 5.97 Å². The maximum Gasteiger partial charge on any atom is 0.326 e. The standard InChI is InChI=1S/C17H22N2O5S/c1-25(23,24)18-8-6-12(7-9-18)16(20)19-11-14-5-3-2-4-13(14)10-15(19)17(21)22/h2-5,12,15H,6-11H2,1H3,(H,21,22)/t15-/m1/s1. The Morgan fingerprint density at radius 2 is 1.72 bits per heavy atom. The minimum Gasteiger partial charge on any atom is -0.480 e. The highest BCUT2D eigenvalue weighted by Crippen LogP contribution is 2.28. The van der Waals surface area contributed by atoms with E-state index >= 15 is 0 Å². The summed E-state index contributed by atoms with van der Waals surface area (Å²) in [5.41, 5.74) is 1.94. The van der Waals surface area contributed by atoms with Crippen LogP contribution in [0.5, 0.6) is 0 Å². The van der Waals surface area contributed by atoms with Gasteiger partial charge in [0.1, 0.15) is 6.04 Å². The van der Waals surface area contributed by atoms with Gasteiger partial charge in [-0.15, -0.1) is 0 Å². The van der Waals surface area contributed by atoms with Crippen LogP contribution < -0.4 is 0 Å². The number of rotatable bonds is 3. The first-order valence-electron chi connectivity index (χ1n) is 8.32. The van der Waals surface area contributed by atoms with E-state index in [0.29, 0.717) is 32.4 Å². The number of carbonyl (C=O) groups is 2. The monoisotopic (exact) mass is 366 g/mol. The van der Waals surface area contributed by atoms with Crippen LogP contribution >= 0.6 is 0 Å². The highest BCUT2D eigenvalue weighted by atomic mass is 32.2. The molecule has 1 saturated heterocycles. The number of piperidine rings is 1. The van der Waals surface area contributed by atoms with Crippen LogP contribution in [0.25, 0.3) is 0 Å². The van der Waals surface area contributed by atoms with E-state index in [-0.39, 0.29) is 18.4 Å². The molecule has 1 N–H and O–H groups in total. The molecule has 3 rings (SSSR count). The van der Waals surface area contributed by atoms with Crippen molar-refractivity contribution in [2.75, 3.05) is 19.3 Å². The lowest BCUT2D eigenvalue weighted by atomic mass is 9.90. The molecule has 0 radical (unpaired) electrons. The third kappa shape index (κ3) is 3.69. The number of carboxylic acid groups (broad SMARTS) is 1.